The monoisotopic (exact) mass is 295 g/mol. The van der Waals surface area contributed by atoms with Gasteiger partial charge in [-0.2, -0.15) is 0 Å². The molecule has 2 atom stereocenters. The van der Waals surface area contributed by atoms with Crippen LogP contribution in [0.2, 0.25) is 0 Å². The first kappa shape index (κ1) is 14.6. The Hall–Kier alpha value is -1.76. The topological polar surface area (TPSA) is 80.2 Å². The molecule has 6 nitrogen and oxygen atoms in total. The molecule has 20 heavy (non-hydrogen) atoms. The minimum Gasteiger partial charge on any atom is -0.341 e. The zero-order valence-electron chi connectivity index (χ0n) is 11.3. The molecule has 1 amide bonds. The molecular formula is C13H17N3O3S. The van der Waals surface area contributed by atoms with Gasteiger partial charge in [-0.15, -0.1) is 6.58 Å². The highest BCUT2D eigenvalue weighted by Gasteiger charge is 2.43. The highest BCUT2D eigenvalue weighted by molar-refractivity contribution is 7.91. The third-order valence-corrected chi connectivity index (χ3v) is 5.54. The van der Waals surface area contributed by atoms with Crippen molar-refractivity contribution in [2.75, 3.05) is 13.1 Å². The Labute approximate surface area is 118 Å². The normalized spacial score (nSPS) is 22.8. The number of carbonyl (C=O) groups excluding carboxylic acids is 1. The number of hydrogen-bond donors (Lipinski definition) is 0. The van der Waals surface area contributed by atoms with Crippen LogP contribution < -0.4 is 0 Å². The Morgan fingerprint density at radius 2 is 2.10 bits per heavy atom. The second-order valence-corrected chi connectivity index (χ2v) is 6.88. The quantitative estimate of drug-likeness (QED) is 0.602. The lowest BCUT2D eigenvalue weighted by molar-refractivity contribution is -0.127. The molecule has 0 aromatic carbocycles. The Balaban J connectivity index is 2.33. The van der Waals surface area contributed by atoms with Gasteiger partial charge in [0.15, 0.2) is 0 Å². The minimum atomic E-state index is -3.64. The van der Waals surface area contributed by atoms with Gasteiger partial charge in [-0.3, -0.25) is 4.79 Å². The van der Waals surface area contributed by atoms with E-state index in [9.17, 15) is 13.2 Å². The van der Waals surface area contributed by atoms with Gasteiger partial charge in [-0.1, -0.05) is 6.08 Å². The van der Waals surface area contributed by atoms with Crippen molar-refractivity contribution in [3.05, 3.63) is 31.1 Å². The maximum absolute atomic E-state index is 12.6. The van der Waals surface area contributed by atoms with Crippen molar-refractivity contribution >= 4 is 15.7 Å². The molecule has 1 aromatic heterocycles. The van der Waals surface area contributed by atoms with Crippen LogP contribution in [0.3, 0.4) is 0 Å². The molecule has 1 aliphatic rings. The van der Waals surface area contributed by atoms with Crippen molar-refractivity contribution in [1.29, 1.82) is 0 Å². The largest absolute Gasteiger partial charge is 0.341 e. The van der Waals surface area contributed by atoms with Crippen LogP contribution in [0.1, 0.15) is 13.3 Å². The summed E-state index contributed by atoms with van der Waals surface area (Å²) in [6.45, 7) is 5.71. The first-order valence-electron chi connectivity index (χ1n) is 6.34. The maximum Gasteiger partial charge on any atom is 0.247 e. The Kier molecular flexibility index (Phi) is 4.17. The van der Waals surface area contributed by atoms with Crippen molar-refractivity contribution < 1.29 is 13.2 Å². The summed E-state index contributed by atoms with van der Waals surface area (Å²) in [4.78, 5) is 20.7. The van der Waals surface area contributed by atoms with Gasteiger partial charge in [-0.25, -0.2) is 18.4 Å². The van der Waals surface area contributed by atoms with Crippen LogP contribution in [0.4, 0.5) is 0 Å². The Morgan fingerprint density at radius 3 is 2.65 bits per heavy atom. The third kappa shape index (κ3) is 2.72. The summed E-state index contributed by atoms with van der Waals surface area (Å²) < 4.78 is 25.2. The number of likely N-dealkylation sites (tertiary alicyclic amines) is 1. The van der Waals surface area contributed by atoms with E-state index in [-0.39, 0.29) is 23.5 Å². The van der Waals surface area contributed by atoms with Gasteiger partial charge in [-0.05, 0) is 18.4 Å². The summed E-state index contributed by atoms with van der Waals surface area (Å²) in [6.07, 6.45) is 5.03. The van der Waals surface area contributed by atoms with Crippen LogP contribution in [-0.2, 0) is 14.6 Å². The molecule has 0 N–H and O–H groups in total. The molecular weight excluding hydrogens is 278 g/mol. The predicted octanol–water partition coefficient (Wildman–Crippen LogP) is 0.673. The molecule has 1 saturated heterocycles. The summed E-state index contributed by atoms with van der Waals surface area (Å²) in [5.74, 6) is -0.282. The van der Waals surface area contributed by atoms with Gasteiger partial charge in [0.25, 0.3) is 0 Å². The fourth-order valence-electron chi connectivity index (χ4n) is 2.46. The summed E-state index contributed by atoms with van der Waals surface area (Å²) in [5.41, 5.74) is 0. The Morgan fingerprint density at radius 1 is 1.45 bits per heavy atom. The lowest BCUT2D eigenvalue weighted by atomic mass is 10.1. The standard InChI is InChI=1S/C13H17N3O3S/c1-3-5-11-8-16(10(2)17)9-12(11)20(18,19)13-14-6-4-7-15-13/h3-4,6-7,11-12H,1,5,8-9H2,2H3/t11-,12-/m1/s1. The summed E-state index contributed by atoms with van der Waals surface area (Å²) in [7, 11) is -3.64. The van der Waals surface area contributed by atoms with E-state index >= 15 is 0 Å². The van der Waals surface area contributed by atoms with E-state index in [4.69, 9.17) is 0 Å². The smallest absolute Gasteiger partial charge is 0.247 e. The van der Waals surface area contributed by atoms with Gasteiger partial charge in [0.05, 0.1) is 5.25 Å². The lowest BCUT2D eigenvalue weighted by Crippen LogP contribution is -2.32. The number of carbonyl (C=O) groups is 1. The molecule has 2 heterocycles. The predicted molar refractivity (Wildman–Crippen MR) is 73.6 cm³/mol. The minimum absolute atomic E-state index is 0.120. The highest BCUT2D eigenvalue weighted by Crippen LogP contribution is 2.29. The van der Waals surface area contributed by atoms with E-state index in [1.165, 1.54) is 19.3 Å². The summed E-state index contributed by atoms with van der Waals surface area (Å²) in [6, 6.07) is 1.57. The molecule has 0 unspecified atom stereocenters. The number of amides is 1. The number of nitrogens with zero attached hydrogens (tertiary/aromatic N) is 3. The third-order valence-electron chi connectivity index (χ3n) is 3.49. The van der Waals surface area contributed by atoms with Gasteiger partial charge in [0.2, 0.25) is 20.9 Å². The number of hydrogen-bond acceptors (Lipinski definition) is 5. The Bertz CT molecular complexity index is 601. The highest BCUT2D eigenvalue weighted by atomic mass is 32.2. The van der Waals surface area contributed by atoms with Crippen molar-refractivity contribution in [1.82, 2.24) is 14.9 Å². The van der Waals surface area contributed by atoms with Gasteiger partial charge in [0.1, 0.15) is 0 Å². The van der Waals surface area contributed by atoms with E-state index in [0.29, 0.717) is 13.0 Å². The molecule has 1 aliphatic heterocycles. The molecule has 2 rings (SSSR count). The molecule has 0 radical (unpaired) electrons. The van der Waals surface area contributed by atoms with E-state index in [0.717, 1.165) is 0 Å². The van der Waals surface area contributed by atoms with E-state index in [2.05, 4.69) is 16.5 Å². The maximum atomic E-state index is 12.6. The molecule has 0 bridgehead atoms. The molecule has 108 valence electrons. The number of aromatic nitrogens is 2. The second kappa shape index (κ2) is 5.70. The van der Waals surface area contributed by atoms with E-state index in [1.807, 2.05) is 0 Å². The van der Waals surface area contributed by atoms with E-state index in [1.54, 1.807) is 17.0 Å². The molecule has 7 heteroatoms. The van der Waals surface area contributed by atoms with Crippen molar-refractivity contribution in [2.45, 2.75) is 23.8 Å². The average Bonchev–Trinajstić information content (AvgIpc) is 2.85. The first-order valence-corrected chi connectivity index (χ1v) is 7.88. The zero-order valence-corrected chi connectivity index (χ0v) is 12.1. The fourth-order valence-corrected chi connectivity index (χ4v) is 4.22. The van der Waals surface area contributed by atoms with Gasteiger partial charge in [0, 0.05) is 32.4 Å². The van der Waals surface area contributed by atoms with E-state index < -0.39 is 15.1 Å². The van der Waals surface area contributed by atoms with Crippen molar-refractivity contribution in [2.24, 2.45) is 5.92 Å². The van der Waals surface area contributed by atoms with Gasteiger partial charge < -0.3 is 4.90 Å². The van der Waals surface area contributed by atoms with Crippen LogP contribution in [0.5, 0.6) is 0 Å². The molecule has 0 saturated carbocycles. The average molecular weight is 295 g/mol. The van der Waals surface area contributed by atoms with Crippen LogP contribution >= 0.6 is 0 Å². The number of rotatable bonds is 4. The summed E-state index contributed by atoms with van der Waals surface area (Å²) in [5, 5.41) is -0.851. The molecule has 0 aliphatic carbocycles. The molecule has 1 aromatic rings. The van der Waals surface area contributed by atoms with Crippen LogP contribution in [-0.4, -0.2) is 47.5 Å². The van der Waals surface area contributed by atoms with Crippen molar-refractivity contribution in [3.63, 3.8) is 0 Å². The lowest BCUT2D eigenvalue weighted by Gasteiger charge is -2.15. The first-order chi connectivity index (χ1) is 9.46. The molecule has 0 spiro atoms. The van der Waals surface area contributed by atoms with Crippen LogP contribution in [0.25, 0.3) is 0 Å². The molecule has 1 fully saturated rings. The number of sulfone groups is 1. The van der Waals surface area contributed by atoms with Crippen LogP contribution in [0.15, 0.2) is 36.3 Å². The zero-order chi connectivity index (χ0) is 14.8. The summed E-state index contributed by atoms with van der Waals surface area (Å²) >= 11 is 0. The van der Waals surface area contributed by atoms with Crippen LogP contribution in [0, 0.1) is 5.92 Å². The number of allylic oxidation sites excluding steroid dienone is 1. The fraction of sp³-hybridized carbons (Fsp3) is 0.462. The second-order valence-electron chi connectivity index (χ2n) is 4.82. The van der Waals surface area contributed by atoms with Gasteiger partial charge >= 0.3 is 0 Å². The SMILES string of the molecule is C=CC[C@@H]1CN(C(C)=O)C[C@H]1S(=O)(=O)c1ncccn1. The van der Waals surface area contributed by atoms with Crippen molar-refractivity contribution in [3.8, 4) is 0 Å².